The number of nitrogens with zero attached hydrogens (tertiary/aromatic N) is 4. The normalized spacial score (nSPS) is 10.9. The molecule has 0 aliphatic rings. The summed E-state index contributed by atoms with van der Waals surface area (Å²) in [6, 6.07) is 0. The van der Waals surface area contributed by atoms with Gasteiger partial charge in [0.15, 0.2) is 0 Å². The summed E-state index contributed by atoms with van der Waals surface area (Å²) < 4.78 is 0. The van der Waals surface area contributed by atoms with Crippen molar-refractivity contribution in [3.8, 4) is 0 Å². The molecule has 0 saturated heterocycles. The lowest BCUT2D eigenvalue weighted by molar-refractivity contribution is 0.401. The summed E-state index contributed by atoms with van der Waals surface area (Å²) in [5.74, 6) is 0.916. The van der Waals surface area contributed by atoms with Crippen LogP contribution in [0.3, 0.4) is 0 Å². The second-order valence-electron chi connectivity index (χ2n) is 4.22. The van der Waals surface area contributed by atoms with Crippen LogP contribution in [0.15, 0.2) is 6.20 Å². The fourth-order valence-electron chi connectivity index (χ4n) is 1.53. The van der Waals surface area contributed by atoms with Crippen LogP contribution in [0, 0.1) is 6.92 Å². The first-order chi connectivity index (χ1) is 7.50. The van der Waals surface area contributed by atoms with Crippen molar-refractivity contribution in [1.82, 2.24) is 14.9 Å². The molecule has 1 aromatic heterocycles. The highest BCUT2D eigenvalue weighted by molar-refractivity contribution is 6.28. The molecule has 0 saturated carbocycles. The van der Waals surface area contributed by atoms with E-state index in [1.54, 1.807) is 6.20 Å². The Labute approximate surface area is 102 Å². The van der Waals surface area contributed by atoms with Gasteiger partial charge >= 0.3 is 0 Å². The molecule has 5 heteroatoms. The van der Waals surface area contributed by atoms with E-state index in [-0.39, 0.29) is 0 Å². The minimum Gasteiger partial charge on any atom is -0.359 e. The van der Waals surface area contributed by atoms with Gasteiger partial charge in [-0.3, -0.25) is 0 Å². The van der Waals surface area contributed by atoms with Crippen molar-refractivity contribution in [2.75, 3.05) is 39.1 Å². The molecule has 0 aliphatic heterocycles. The Morgan fingerprint density at radius 1 is 1.25 bits per heavy atom. The number of aromatic nitrogens is 2. The monoisotopic (exact) mass is 242 g/mol. The fraction of sp³-hybridized carbons (Fsp3) is 0.636. The molecule has 0 fully saturated rings. The lowest BCUT2D eigenvalue weighted by Crippen LogP contribution is -2.24. The van der Waals surface area contributed by atoms with E-state index >= 15 is 0 Å². The Balaban J connectivity index is 2.58. The first-order valence-electron chi connectivity index (χ1n) is 5.35. The lowest BCUT2D eigenvalue weighted by atomic mass is 10.3. The van der Waals surface area contributed by atoms with Crippen LogP contribution in [-0.4, -0.2) is 49.1 Å². The molecule has 0 radical (unpaired) electrons. The zero-order valence-corrected chi connectivity index (χ0v) is 11.1. The molecule has 1 rings (SSSR count). The zero-order chi connectivity index (χ0) is 12.1. The Bertz CT molecular complexity index is 341. The molecule has 0 bridgehead atoms. The highest BCUT2D eigenvalue weighted by Gasteiger charge is 2.07. The highest BCUT2D eigenvalue weighted by Crippen LogP contribution is 2.16. The van der Waals surface area contributed by atoms with Gasteiger partial charge in [0, 0.05) is 25.4 Å². The van der Waals surface area contributed by atoms with Gasteiger partial charge in [-0.1, -0.05) is 0 Å². The van der Waals surface area contributed by atoms with Gasteiger partial charge in [0.1, 0.15) is 5.82 Å². The third-order valence-electron chi connectivity index (χ3n) is 2.38. The predicted molar refractivity (Wildman–Crippen MR) is 68.2 cm³/mol. The van der Waals surface area contributed by atoms with E-state index in [1.165, 1.54) is 0 Å². The number of hydrogen-bond acceptors (Lipinski definition) is 4. The molecule has 1 heterocycles. The van der Waals surface area contributed by atoms with Crippen molar-refractivity contribution in [3.63, 3.8) is 0 Å². The largest absolute Gasteiger partial charge is 0.359 e. The summed E-state index contributed by atoms with van der Waals surface area (Å²) >= 11 is 5.79. The average Bonchev–Trinajstić information content (AvgIpc) is 2.21. The van der Waals surface area contributed by atoms with Crippen LogP contribution in [0.25, 0.3) is 0 Å². The Morgan fingerprint density at radius 3 is 2.56 bits per heavy atom. The van der Waals surface area contributed by atoms with Gasteiger partial charge in [0.2, 0.25) is 5.28 Å². The maximum absolute atomic E-state index is 5.79. The maximum Gasteiger partial charge on any atom is 0.224 e. The molecule has 0 atom stereocenters. The van der Waals surface area contributed by atoms with Crippen molar-refractivity contribution in [3.05, 3.63) is 17.0 Å². The highest BCUT2D eigenvalue weighted by atomic mass is 35.5. The third kappa shape index (κ3) is 3.94. The van der Waals surface area contributed by atoms with Crippen LogP contribution >= 0.6 is 11.6 Å². The summed E-state index contributed by atoms with van der Waals surface area (Å²) in [6.45, 7) is 4.03. The molecule has 0 unspecified atom stereocenters. The Morgan fingerprint density at radius 2 is 1.94 bits per heavy atom. The van der Waals surface area contributed by atoms with Gasteiger partial charge in [-0.25, -0.2) is 9.97 Å². The van der Waals surface area contributed by atoms with Crippen LogP contribution in [-0.2, 0) is 0 Å². The molecule has 0 spiro atoms. The van der Waals surface area contributed by atoms with Crippen molar-refractivity contribution in [2.24, 2.45) is 0 Å². The SMILES string of the molecule is Cc1cnc(Cl)nc1N(C)CCCN(C)C. The van der Waals surface area contributed by atoms with Crippen molar-refractivity contribution in [2.45, 2.75) is 13.3 Å². The van der Waals surface area contributed by atoms with Crippen LogP contribution in [0.5, 0.6) is 0 Å². The minimum atomic E-state index is 0.306. The minimum absolute atomic E-state index is 0.306. The van der Waals surface area contributed by atoms with E-state index in [4.69, 9.17) is 11.6 Å². The number of halogens is 1. The van der Waals surface area contributed by atoms with Crippen molar-refractivity contribution >= 4 is 17.4 Å². The molecular formula is C11H19ClN4. The van der Waals surface area contributed by atoms with Gasteiger partial charge in [0.25, 0.3) is 0 Å². The second kappa shape index (κ2) is 6.01. The van der Waals surface area contributed by atoms with E-state index in [2.05, 4.69) is 33.9 Å². The summed E-state index contributed by atoms with van der Waals surface area (Å²) in [5.41, 5.74) is 1.05. The van der Waals surface area contributed by atoms with E-state index in [0.717, 1.165) is 30.9 Å². The van der Waals surface area contributed by atoms with Crippen LogP contribution < -0.4 is 4.90 Å². The van der Waals surface area contributed by atoms with Gasteiger partial charge in [0.05, 0.1) is 0 Å². The van der Waals surface area contributed by atoms with E-state index < -0.39 is 0 Å². The third-order valence-corrected chi connectivity index (χ3v) is 2.56. The molecule has 4 nitrogen and oxygen atoms in total. The number of aryl methyl sites for hydroxylation is 1. The van der Waals surface area contributed by atoms with Crippen LogP contribution in [0.2, 0.25) is 5.28 Å². The number of rotatable bonds is 5. The first kappa shape index (κ1) is 13.2. The summed E-state index contributed by atoms with van der Waals surface area (Å²) in [6.07, 6.45) is 2.86. The molecule has 0 N–H and O–H groups in total. The molecule has 1 aromatic rings. The molecule has 16 heavy (non-hydrogen) atoms. The molecule has 0 aliphatic carbocycles. The average molecular weight is 243 g/mol. The second-order valence-corrected chi connectivity index (χ2v) is 4.56. The quantitative estimate of drug-likeness (QED) is 0.738. The molecule has 0 amide bonds. The number of hydrogen-bond donors (Lipinski definition) is 0. The zero-order valence-electron chi connectivity index (χ0n) is 10.4. The Hall–Kier alpha value is -0.870. The summed E-state index contributed by atoms with van der Waals surface area (Å²) in [4.78, 5) is 12.5. The summed E-state index contributed by atoms with van der Waals surface area (Å²) in [7, 11) is 6.18. The maximum atomic E-state index is 5.79. The smallest absolute Gasteiger partial charge is 0.224 e. The molecule has 0 aromatic carbocycles. The van der Waals surface area contributed by atoms with Gasteiger partial charge in [-0.15, -0.1) is 0 Å². The Kier molecular flexibility index (Phi) is 4.96. The van der Waals surface area contributed by atoms with Crippen molar-refractivity contribution in [1.29, 1.82) is 0 Å². The standard InChI is InChI=1S/C11H19ClN4/c1-9-8-13-11(12)14-10(9)16(4)7-5-6-15(2)3/h8H,5-7H2,1-4H3. The molecule has 90 valence electrons. The van der Waals surface area contributed by atoms with E-state index in [9.17, 15) is 0 Å². The van der Waals surface area contributed by atoms with E-state index in [0.29, 0.717) is 5.28 Å². The number of anilines is 1. The van der Waals surface area contributed by atoms with Gasteiger partial charge in [-0.05, 0) is 45.6 Å². The van der Waals surface area contributed by atoms with Crippen molar-refractivity contribution < 1.29 is 0 Å². The van der Waals surface area contributed by atoms with E-state index in [1.807, 2.05) is 14.0 Å². The predicted octanol–water partition coefficient (Wildman–Crippen LogP) is 1.83. The van der Waals surface area contributed by atoms with Crippen LogP contribution in [0.1, 0.15) is 12.0 Å². The summed E-state index contributed by atoms with van der Waals surface area (Å²) in [5, 5.41) is 0.306. The molecular weight excluding hydrogens is 224 g/mol. The van der Waals surface area contributed by atoms with Gasteiger partial charge < -0.3 is 9.80 Å². The van der Waals surface area contributed by atoms with Gasteiger partial charge in [-0.2, -0.15) is 0 Å². The lowest BCUT2D eigenvalue weighted by Gasteiger charge is -2.20. The topological polar surface area (TPSA) is 32.3 Å². The van der Waals surface area contributed by atoms with Crippen LogP contribution in [0.4, 0.5) is 5.82 Å². The first-order valence-corrected chi connectivity index (χ1v) is 5.73. The fourth-order valence-corrected chi connectivity index (χ4v) is 1.66.